The van der Waals surface area contributed by atoms with Crippen molar-refractivity contribution in [3.8, 4) is 23.1 Å². The molecule has 1 aliphatic heterocycles. The van der Waals surface area contributed by atoms with E-state index in [1.165, 1.54) is 23.9 Å². The van der Waals surface area contributed by atoms with Gasteiger partial charge in [-0.1, -0.05) is 38.3 Å². The van der Waals surface area contributed by atoms with E-state index in [1.54, 1.807) is 20.8 Å². The highest BCUT2D eigenvalue weighted by molar-refractivity contribution is 7.99. The number of nitrogens with zero attached hydrogens (tertiary/aromatic N) is 3. The van der Waals surface area contributed by atoms with Crippen molar-refractivity contribution in [3.05, 3.63) is 40.5 Å². The molecule has 46 heavy (non-hydrogen) atoms. The molecule has 1 N–H and O–H groups in total. The molecule has 244 valence electrons. The average Bonchev–Trinajstić information content (AvgIpc) is 3.57. The summed E-state index contributed by atoms with van der Waals surface area (Å²) in [6, 6.07) is 5.77. The van der Waals surface area contributed by atoms with E-state index < -0.39 is 31.4 Å². The normalized spacial score (nSPS) is 13.2. The Morgan fingerprint density at radius 2 is 1.89 bits per heavy atom. The highest BCUT2D eigenvalue weighted by atomic mass is 32.2. The number of fused-ring (bicyclic) bond motifs is 4. The number of thiophene rings is 1. The first-order chi connectivity index (χ1) is 21.7. The summed E-state index contributed by atoms with van der Waals surface area (Å²) in [6.07, 6.45) is -0.765. The molecule has 0 aliphatic carbocycles. The second-order valence-corrected chi connectivity index (χ2v) is 20.8. The van der Waals surface area contributed by atoms with E-state index in [2.05, 4.69) is 41.0 Å². The number of benzene rings is 2. The van der Waals surface area contributed by atoms with Gasteiger partial charge >= 0.3 is 6.09 Å². The van der Waals surface area contributed by atoms with Crippen LogP contribution in [0.4, 0.5) is 18.6 Å². The van der Waals surface area contributed by atoms with Gasteiger partial charge in [0.05, 0.1) is 24.2 Å². The van der Waals surface area contributed by atoms with E-state index in [1.807, 2.05) is 6.92 Å². The van der Waals surface area contributed by atoms with Crippen molar-refractivity contribution in [2.45, 2.75) is 77.4 Å². The van der Waals surface area contributed by atoms with Crippen molar-refractivity contribution in [1.29, 1.82) is 5.26 Å². The molecule has 0 bridgehead atoms. The quantitative estimate of drug-likeness (QED) is 0.0574. The number of aromatic nitrogens is 2. The molecule has 1 aliphatic rings. The Morgan fingerprint density at radius 1 is 1.15 bits per heavy atom. The van der Waals surface area contributed by atoms with Crippen LogP contribution in [-0.2, 0) is 27.4 Å². The highest BCUT2D eigenvalue weighted by Gasteiger charge is 2.32. The first-order valence-corrected chi connectivity index (χ1v) is 20.3. The van der Waals surface area contributed by atoms with Gasteiger partial charge in [0.25, 0.3) is 0 Å². The summed E-state index contributed by atoms with van der Waals surface area (Å²) in [5.74, 6) is -0.728. The van der Waals surface area contributed by atoms with Gasteiger partial charge in [-0.3, -0.25) is 5.32 Å². The van der Waals surface area contributed by atoms with E-state index in [0.29, 0.717) is 38.7 Å². The lowest BCUT2D eigenvalue weighted by atomic mass is 9.90. The molecule has 1 amide bonds. The van der Waals surface area contributed by atoms with Crippen LogP contribution in [0.1, 0.15) is 44.4 Å². The number of thioether (sulfide) groups is 1. The van der Waals surface area contributed by atoms with Gasteiger partial charge in [0.1, 0.15) is 28.0 Å². The predicted octanol–water partition coefficient (Wildman–Crippen LogP) is 8.84. The van der Waals surface area contributed by atoms with Crippen molar-refractivity contribution in [2.24, 2.45) is 0 Å². The zero-order valence-electron chi connectivity index (χ0n) is 26.9. The SMILES string of the molecule is CCSc1nc(OCOCC[Si](C)(C)C)c2c3c(c(-c4c(F)ccc5sc(NC(=O)OC(C)(C)C)c(C#N)c45)c(F)c2n1)COC3. The summed E-state index contributed by atoms with van der Waals surface area (Å²) in [7, 11) is -1.31. The third-order valence-corrected chi connectivity index (χ3v) is 10.6. The summed E-state index contributed by atoms with van der Waals surface area (Å²) >= 11 is 2.39. The number of amides is 1. The molecule has 0 unspecified atom stereocenters. The average molecular weight is 687 g/mol. The van der Waals surface area contributed by atoms with Gasteiger partial charge in [-0.2, -0.15) is 10.2 Å². The van der Waals surface area contributed by atoms with Crippen molar-refractivity contribution >= 4 is 63.3 Å². The topological polar surface area (TPSA) is 116 Å². The van der Waals surface area contributed by atoms with Crippen LogP contribution >= 0.6 is 23.1 Å². The molecule has 9 nitrogen and oxygen atoms in total. The molecular weight excluding hydrogens is 651 g/mol. The molecule has 2 aromatic carbocycles. The number of nitrogens with one attached hydrogen (secondary N) is 1. The molecular formula is C32H36F2N4O5S2Si. The van der Waals surface area contributed by atoms with E-state index in [0.717, 1.165) is 17.4 Å². The van der Waals surface area contributed by atoms with Crippen LogP contribution in [-0.4, -0.2) is 48.9 Å². The van der Waals surface area contributed by atoms with Crippen LogP contribution in [0.3, 0.4) is 0 Å². The third-order valence-electron chi connectivity index (χ3n) is 7.07. The van der Waals surface area contributed by atoms with Crippen LogP contribution in [0, 0.1) is 23.0 Å². The number of ether oxygens (including phenoxy) is 4. The lowest BCUT2D eigenvalue weighted by molar-refractivity contribution is 0.0198. The fourth-order valence-electron chi connectivity index (χ4n) is 5.07. The summed E-state index contributed by atoms with van der Waals surface area (Å²) in [5, 5.41) is 13.8. The number of halogens is 2. The fourth-order valence-corrected chi connectivity index (χ4v) is 7.44. The number of hydrogen-bond acceptors (Lipinski definition) is 10. The van der Waals surface area contributed by atoms with Crippen molar-refractivity contribution in [1.82, 2.24) is 9.97 Å². The third kappa shape index (κ3) is 7.13. The number of rotatable bonds is 10. The molecule has 14 heteroatoms. The van der Waals surface area contributed by atoms with Gasteiger partial charge in [0.15, 0.2) is 17.8 Å². The Bertz CT molecular complexity index is 1860. The summed E-state index contributed by atoms with van der Waals surface area (Å²) in [6.45, 7) is 14.4. The largest absolute Gasteiger partial charge is 0.450 e. The zero-order valence-corrected chi connectivity index (χ0v) is 29.5. The molecule has 0 radical (unpaired) electrons. The van der Waals surface area contributed by atoms with Gasteiger partial charge in [-0.15, -0.1) is 11.3 Å². The molecule has 3 heterocycles. The second kappa shape index (κ2) is 13.4. The maximum atomic E-state index is 17.0. The zero-order chi connectivity index (χ0) is 33.4. The lowest BCUT2D eigenvalue weighted by Gasteiger charge is -2.19. The molecule has 5 rings (SSSR count). The minimum Gasteiger partial charge on any atom is -0.450 e. The van der Waals surface area contributed by atoms with Gasteiger partial charge in [0.2, 0.25) is 5.88 Å². The molecule has 4 aromatic rings. The van der Waals surface area contributed by atoms with Gasteiger partial charge < -0.3 is 18.9 Å². The first kappa shape index (κ1) is 34.0. The maximum Gasteiger partial charge on any atom is 0.412 e. The summed E-state index contributed by atoms with van der Waals surface area (Å²) in [4.78, 5) is 21.7. The van der Waals surface area contributed by atoms with Crippen LogP contribution in [0.25, 0.3) is 32.1 Å². The number of carbonyl (C=O) groups excluding carboxylic acids is 1. The fraction of sp³-hybridized carbons (Fsp3) is 0.438. The van der Waals surface area contributed by atoms with Crippen molar-refractivity contribution < 1.29 is 32.5 Å². The molecule has 0 saturated heterocycles. The molecule has 0 atom stereocenters. The van der Waals surface area contributed by atoms with Crippen molar-refractivity contribution in [3.63, 3.8) is 0 Å². The van der Waals surface area contributed by atoms with E-state index >= 15 is 8.78 Å². The van der Waals surface area contributed by atoms with Crippen LogP contribution in [0.2, 0.25) is 25.7 Å². The molecule has 2 aromatic heterocycles. The van der Waals surface area contributed by atoms with E-state index in [-0.39, 0.29) is 58.5 Å². The van der Waals surface area contributed by atoms with E-state index in [9.17, 15) is 10.1 Å². The van der Waals surface area contributed by atoms with Crippen LogP contribution in [0.15, 0.2) is 17.3 Å². The summed E-state index contributed by atoms with van der Waals surface area (Å²) in [5.41, 5.74) is 0.00948. The monoisotopic (exact) mass is 686 g/mol. The number of nitriles is 1. The maximum absolute atomic E-state index is 17.0. The molecule has 0 fully saturated rings. The van der Waals surface area contributed by atoms with Gasteiger partial charge in [-0.25, -0.2) is 18.6 Å². The summed E-state index contributed by atoms with van der Waals surface area (Å²) < 4.78 is 56.3. The minimum absolute atomic E-state index is 0.00000617. The number of hydrogen-bond donors (Lipinski definition) is 1. The predicted molar refractivity (Wildman–Crippen MR) is 179 cm³/mol. The highest BCUT2D eigenvalue weighted by Crippen LogP contribution is 2.48. The van der Waals surface area contributed by atoms with Crippen molar-refractivity contribution in [2.75, 3.05) is 24.5 Å². The minimum atomic E-state index is -1.31. The van der Waals surface area contributed by atoms with Crippen LogP contribution in [0.5, 0.6) is 5.88 Å². The Hall–Kier alpha value is -3.35. The second-order valence-electron chi connectivity index (χ2n) is 12.9. The Balaban J connectivity index is 1.68. The lowest BCUT2D eigenvalue weighted by Crippen LogP contribution is -2.27. The smallest absolute Gasteiger partial charge is 0.412 e. The number of anilines is 1. The molecule has 0 spiro atoms. The molecule has 0 saturated carbocycles. The van der Waals surface area contributed by atoms with Crippen LogP contribution < -0.4 is 10.1 Å². The Labute approximate surface area is 275 Å². The first-order valence-electron chi connectivity index (χ1n) is 14.8. The Morgan fingerprint density at radius 3 is 2.57 bits per heavy atom. The van der Waals surface area contributed by atoms with Gasteiger partial charge in [0, 0.05) is 35.9 Å². The standard InChI is InChI=1S/C32H36F2N4O5S2Si/c1-8-44-30-36-27-24(28(37-30)42-16-40-11-12-46(5,6)7)19-15-41-14-18(19)23(26(27)34)25-20(33)9-10-21-22(25)17(13-35)29(45-21)38-31(39)43-32(2,3)4/h9-10H,8,11-12,14-16H2,1-7H3,(H,38,39). The van der Waals surface area contributed by atoms with Gasteiger partial charge in [-0.05, 0) is 55.8 Å². The Kier molecular flexibility index (Phi) is 9.91. The number of carbonyl (C=O) groups is 1. The van der Waals surface area contributed by atoms with E-state index in [4.69, 9.17) is 18.9 Å².